The second-order valence-electron chi connectivity index (χ2n) is 6.93. The molecular formula is C18H29N3O2. The molecule has 128 valence electrons. The highest BCUT2D eigenvalue weighted by atomic mass is 16.5. The van der Waals surface area contributed by atoms with Gasteiger partial charge in [-0.3, -0.25) is 9.80 Å². The number of aromatic nitrogens is 1. The summed E-state index contributed by atoms with van der Waals surface area (Å²) >= 11 is 0. The van der Waals surface area contributed by atoms with Crippen molar-refractivity contribution in [1.82, 2.24) is 14.8 Å². The van der Waals surface area contributed by atoms with Crippen molar-refractivity contribution < 1.29 is 9.47 Å². The van der Waals surface area contributed by atoms with Crippen LogP contribution in [0.5, 0.6) is 5.88 Å². The van der Waals surface area contributed by atoms with Crippen LogP contribution in [0.25, 0.3) is 0 Å². The Bertz CT molecular complexity index is 515. The summed E-state index contributed by atoms with van der Waals surface area (Å²) in [4.78, 5) is 9.43. The van der Waals surface area contributed by atoms with Crippen LogP contribution < -0.4 is 4.74 Å². The van der Waals surface area contributed by atoms with E-state index >= 15 is 0 Å². The van der Waals surface area contributed by atoms with Crippen LogP contribution in [0.1, 0.15) is 31.2 Å². The fraction of sp³-hybridized carbons (Fsp3) is 0.722. The Balaban J connectivity index is 1.58. The fourth-order valence-corrected chi connectivity index (χ4v) is 4.28. The normalized spacial score (nSPS) is 25.1. The monoisotopic (exact) mass is 319 g/mol. The van der Waals surface area contributed by atoms with Gasteiger partial charge in [0, 0.05) is 50.1 Å². The van der Waals surface area contributed by atoms with Crippen LogP contribution in [0.3, 0.4) is 0 Å². The van der Waals surface area contributed by atoms with Crippen LogP contribution in [0.2, 0.25) is 0 Å². The van der Waals surface area contributed by atoms with E-state index in [1.807, 2.05) is 13.2 Å². The highest BCUT2D eigenvalue weighted by Gasteiger charge is 2.45. The molecule has 23 heavy (non-hydrogen) atoms. The number of hydrogen-bond donors (Lipinski definition) is 0. The standard InChI is InChI=1S/C18H29N3O2/c1-20-16(14-22-2)6-7-18(20)8-11-21(12-9-18)13-15-5-4-10-19-17(15)23-3/h4-5,10,16H,6-9,11-14H2,1-3H3. The smallest absolute Gasteiger partial charge is 0.217 e. The molecule has 5 heteroatoms. The molecule has 2 saturated heterocycles. The molecule has 1 aromatic rings. The van der Waals surface area contributed by atoms with Gasteiger partial charge in [-0.15, -0.1) is 0 Å². The fourth-order valence-electron chi connectivity index (χ4n) is 4.28. The van der Waals surface area contributed by atoms with Gasteiger partial charge in [-0.25, -0.2) is 4.98 Å². The van der Waals surface area contributed by atoms with Crippen molar-refractivity contribution >= 4 is 0 Å². The maximum absolute atomic E-state index is 5.38. The Morgan fingerprint density at radius 1 is 1.26 bits per heavy atom. The minimum atomic E-state index is 0.388. The van der Waals surface area contributed by atoms with Crippen LogP contribution in [0.15, 0.2) is 18.3 Å². The summed E-state index contributed by atoms with van der Waals surface area (Å²) in [6.45, 7) is 4.07. The first-order valence-corrected chi connectivity index (χ1v) is 8.60. The van der Waals surface area contributed by atoms with E-state index in [1.165, 1.54) is 31.2 Å². The molecule has 5 nitrogen and oxygen atoms in total. The average molecular weight is 319 g/mol. The third-order valence-corrected chi connectivity index (χ3v) is 5.82. The molecule has 0 aromatic carbocycles. The van der Waals surface area contributed by atoms with Crippen molar-refractivity contribution in [3.63, 3.8) is 0 Å². The minimum Gasteiger partial charge on any atom is -0.481 e. The zero-order valence-corrected chi connectivity index (χ0v) is 14.6. The van der Waals surface area contributed by atoms with Gasteiger partial charge < -0.3 is 9.47 Å². The molecule has 0 N–H and O–H groups in total. The topological polar surface area (TPSA) is 37.8 Å². The molecule has 0 saturated carbocycles. The lowest BCUT2D eigenvalue weighted by molar-refractivity contribution is 0.0280. The summed E-state index contributed by atoms with van der Waals surface area (Å²) in [6, 6.07) is 4.69. The van der Waals surface area contributed by atoms with E-state index < -0.39 is 0 Å². The van der Waals surface area contributed by atoms with Gasteiger partial charge in [0.15, 0.2) is 0 Å². The second kappa shape index (κ2) is 7.16. The summed E-state index contributed by atoms with van der Waals surface area (Å²) < 4.78 is 10.8. The Morgan fingerprint density at radius 3 is 2.74 bits per heavy atom. The van der Waals surface area contributed by atoms with Crippen LogP contribution in [-0.4, -0.2) is 67.3 Å². The van der Waals surface area contributed by atoms with E-state index in [0.29, 0.717) is 11.6 Å². The predicted octanol–water partition coefficient (Wildman–Crippen LogP) is 2.17. The maximum atomic E-state index is 5.38. The van der Waals surface area contributed by atoms with Gasteiger partial charge >= 0.3 is 0 Å². The Labute approximate surface area is 139 Å². The SMILES string of the molecule is COCC1CCC2(CCN(Cc3cccnc3OC)CC2)N1C. The number of methoxy groups -OCH3 is 2. The number of rotatable bonds is 5. The quantitative estimate of drug-likeness (QED) is 0.831. The van der Waals surface area contributed by atoms with Crippen molar-refractivity contribution in [3.05, 3.63) is 23.9 Å². The number of likely N-dealkylation sites (N-methyl/N-ethyl adjacent to an activating group) is 1. The molecule has 0 radical (unpaired) electrons. The van der Waals surface area contributed by atoms with Gasteiger partial charge in [0.2, 0.25) is 5.88 Å². The molecular weight excluding hydrogens is 290 g/mol. The first-order chi connectivity index (χ1) is 11.2. The highest BCUT2D eigenvalue weighted by molar-refractivity contribution is 5.25. The predicted molar refractivity (Wildman–Crippen MR) is 90.7 cm³/mol. The Kier molecular flexibility index (Phi) is 5.19. The average Bonchev–Trinajstić information content (AvgIpc) is 2.88. The molecule has 3 heterocycles. The van der Waals surface area contributed by atoms with Gasteiger partial charge in [-0.05, 0) is 38.8 Å². The van der Waals surface area contributed by atoms with Crippen molar-refractivity contribution in [2.75, 3.05) is 41.0 Å². The zero-order valence-electron chi connectivity index (χ0n) is 14.6. The number of pyridine rings is 1. The van der Waals surface area contributed by atoms with E-state index in [0.717, 1.165) is 32.1 Å². The maximum Gasteiger partial charge on any atom is 0.217 e. The molecule has 1 spiro atoms. The van der Waals surface area contributed by atoms with Crippen molar-refractivity contribution in [1.29, 1.82) is 0 Å². The lowest BCUT2D eigenvalue weighted by Gasteiger charge is -2.45. The third-order valence-electron chi connectivity index (χ3n) is 5.82. The van der Waals surface area contributed by atoms with Crippen molar-refractivity contribution in [3.8, 4) is 5.88 Å². The molecule has 0 bridgehead atoms. The number of hydrogen-bond acceptors (Lipinski definition) is 5. The second-order valence-corrected chi connectivity index (χ2v) is 6.93. The van der Waals surface area contributed by atoms with Crippen LogP contribution in [0, 0.1) is 0 Å². The molecule has 1 unspecified atom stereocenters. The molecule has 2 aliphatic rings. The van der Waals surface area contributed by atoms with E-state index in [-0.39, 0.29) is 0 Å². The minimum absolute atomic E-state index is 0.388. The van der Waals surface area contributed by atoms with E-state index in [1.54, 1.807) is 13.3 Å². The lowest BCUT2D eigenvalue weighted by atomic mass is 9.85. The third kappa shape index (κ3) is 3.37. The van der Waals surface area contributed by atoms with Gasteiger partial charge in [-0.2, -0.15) is 0 Å². The van der Waals surface area contributed by atoms with E-state index in [4.69, 9.17) is 9.47 Å². The van der Waals surface area contributed by atoms with E-state index in [2.05, 4.69) is 27.9 Å². The highest BCUT2D eigenvalue weighted by Crippen LogP contribution is 2.40. The largest absolute Gasteiger partial charge is 0.481 e. The van der Waals surface area contributed by atoms with Crippen LogP contribution in [-0.2, 0) is 11.3 Å². The van der Waals surface area contributed by atoms with Gasteiger partial charge in [0.1, 0.15) is 0 Å². The summed E-state index contributed by atoms with van der Waals surface area (Å²) in [6.07, 6.45) is 6.85. The molecule has 2 fully saturated rings. The molecule has 1 atom stereocenters. The van der Waals surface area contributed by atoms with Crippen molar-refractivity contribution in [2.24, 2.45) is 0 Å². The summed E-state index contributed by atoms with van der Waals surface area (Å²) in [7, 11) is 5.79. The number of piperidine rings is 1. The first kappa shape index (κ1) is 16.7. The number of likely N-dealkylation sites (tertiary alicyclic amines) is 2. The first-order valence-electron chi connectivity index (χ1n) is 8.60. The lowest BCUT2D eigenvalue weighted by Crippen LogP contribution is -2.52. The summed E-state index contributed by atoms with van der Waals surface area (Å²) in [5.74, 6) is 0.755. The zero-order chi connectivity index (χ0) is 16.3. The molecule has 3 rings (SSSR count). The molecule has 1 aromatic heterocycles. The van der Waals surface area contributed by atoms with Gasteiger partial charge in [0.25, 0.3) is 0 Å². The molecule has 0 aliphatic carbocycles. The van der Waals surface area contributed by atoms with Crippen molar-refractivity contribution in [2.45, 2.75) is 43.8 Å². The molecule has 0 amide bonds. The molecule has 2 aliphatic heterocycles. The van der Waals surface area contributed by atoms with Crippen LogP contribution >= 0.6 is 0 Å². The Hall–Kier alpha value is -1.17. The summed E-state index contributed by atoms with van der Waals surface area (Å²) in [5.41, 5.74) is 1.57. The van der Waals surface area contributed by atoms with E-state index in [9.17, 15) is 0 Å². The number of nitrogens with zero attached hydrogens (tertiary/aromatic N) is 3. The van der Waals surface area contributed by atoms with Gasteiger partial charge in [-0.1, -0.05) is 6.07 Å². The van der Waals surface area contributed by atoms with Crippen LogP contribution in [0.4, 0.5) is 0 Å². The number of ether oxygens (including phenoxy) is 2. The summed E-state index contributed by atoms with van der Waals surface area (Å²) in [5, 5.41) is 0. The van der Waals surface area contributed by atoms with Gasteiger partial charge in [0.05, 0.1) is 13.7 Å². The Morgan fingerprint density at radius 2 is 2.04 bits per heavy atom.